The van der Waals surface area contributed by atoms with Crippen LogP contribution in [0.15, 0.2) is 18.2 Å². The summed E-state index contributed by atoms with van der Waals surface area (Å²) in [6, 6.07) is 5.83. The van der Waals surface area contributed by atoms with Gasteiger partial charge in [0.15, 0.2) is 0 Å². The minimum Gasteiger partial charge on any atom is -0.398 e. The van der Waals surface area contributed by atoms with Gasteiger partial charge in [0.25, 0.3) is 0 Å². The molecule has 2 rings (SSSR count). The number of hydrogen-bond acceptors (Lipinski definition) is 4. The average molecular weight is 270 g/mol. The normalized spacial score (nSPS) is 18.1. The zero-order chi connectivity index (χ0) is 13.0. The summed E-state index contributed by atoms with van der Waals surface area (Å²) in [6.45, 7) is 6.03. The summed E-state index contributed by atoms with van der Waals surface area (Å²) in [5.41, 5.74) is 7.65. The summed E-state index contributed by atoms with van der Waals surface area (Å²) in [7, 11) is 0. The van der Waals surface area contributed by atoms with Crippen LogP contribution in [0.3, 0.4) is 0 Å². The van der Waals surface area contributed by atoms with Crippen LogP contribution in [0.25, 0.3) is 0 Å². The number of benzene rings is 1. The van der Waals surface area contributed by atoms with Gasteiger partial charge in [-0.15, -0.1) is 0 Å². The van der Waals surface area contributed by atoms with E-state index < -0.39 is 0 Å². The number of nitrogens with zero attached hydrogens (tertiary/aromatic N) is 2. The molecule has 5 heteroatoms. The molecule has 1 aliphatic rings. The molecule has 0 aromatic heterocycles. The van der Waals surface area contributed by atoms with E-state index in [1.807, 2.05) is 18.2 Å². The number of halogens is 1. The number of nitrogens with two attached hydrogens (primary N) is 1. The predicted molar refractivity (Wildman–Crippen MR) is 74.7 cm³/mol. The summed E-state index contributed by atoms with van der Waals surface area (Å²) in [4.78, 5) is 4.68. The molecule has 0 amide bonds. The van der Waals surface area contributed by atoms with Crippen molar-refractivity contribution in [2.24, 2.45) is 0 Å². The monoisotopic (exact) mass is 269 g/mol. The van der Waals surface area contributed by atoms with Crippen molar-refractivity contribution in [3.05, 3.63) is 28.8 Å². The Morgan fingerprint density at radius 2 is 1.83 bits per heavy atom. The highest BCUT2D eigenvalue weighted by Crippen LogP contribution is 2.20. The van der Waals surface area contributed by atoms with Gasteiger partial charge in [0.05, 0.1) is 17.3 Å². The minimum absolute atomic E-state index is 0.244. The van der Waals surface area contributed by atoms with E-state index in [2.05, 4.69) is 9.80 Å². The van der Waals surface area contributed by atoms with Gasteiger partial charge in [-0.1, -0.05) is 17.7 Å². The van der Waals surface area contributed by atoms with Crippen molar-refractivity contribution in [3.8, 4) is 0 Å². The van der Waals surface area contributed by atoms with Gasteiger partial charge >= 0.3 is 0 Å². The highest BCUT2D eigenvalue weighted by Gasteiger charge is 2.16. The molecule has 4 nitrogen and oxygen atoms in total. The Balaban J connectivity index is 1.85. The van der Waals surface area contributed by atoms with Crippen molar-refractivity contribution >= 4 is 17.3 Å². The lowest BCUT2D eigenvalue weighted by atomic mass is 10.1. The Hall–Kier alpha value is -0.810. The number of hydrogen-bond donors (Lipinski definition) is 2. The lowest BCUT2D eigenvalue weighted by molar-refractivity contribution is 0.108. The van der Waals surface area contributed by atoms with Gasteiger partial charge in [0, 0.05) is 39.3 Å². The maximum absolute atomic E-state index is 8.89. The molecule has 100 valence electrons. The van der Waals surface area contributed by atoms with Gasteiger partial charge in [0.1, 0.15) is 0 Å². The zero-order valence-corrected chi connectivity index (χ0v) is 11.2. The fourth-order valence-corrected chi connectivity index (χ4v) is 2.38. The first kappa shape index (κ1) is 13.6. The zero-order valence-electron chi connectivity index (χ0n) is 10.5. The van der Waals surface area contributed by atoms with Gasteiger partial charge < -0.3 is 10.8 Å². The lowest BCUT2D eigenvalue weighted by Crippen LogP contribution is -2.46. The van der Waals surface area contributed by atoms with Gasteiger partial charge in [-0.2, -0.15) is 0 Å². The molecule has 1 saturated heterocycles. The van der Waals surface area contributed by atoms with Crippen molar-refractivity contribution in [2.45, 2.75) is 6.54 Å². The maximum atomic E-state index is 8.89. The quantitative estimate of drug-likeness (QED) is 0.802. The summed E-state index contributed by atoms with van der Waals surface area (Å²) in [6.07, 6.45) is 0. The molecule has 0 unspecified atom stereocenters. The van der Waals surface area contributed by atoms with E-state index >= 15 is 0 Å². The molecular formula is C13H20ClN3O. The summed E-state index contributed by atoms with van der Waals surface area (Å²) in [5.74, 6) is 0. The molecule has 3 N–H and O–H groups in total. The molecule has 1 aromatic carbocycles. The first-order valence-corrected chi connectivity index (χ1v) is 6.66. The van der Waals surface area contributed by atoms with Crippen molar-refractivity contribution < 1.29 is 5.11 Å². The van der Waals surface area contributed by atoms with Gasteiger partial charge in [0.2, 0.25) is 0 Å². The van der Waals surface area contributed by atoms with E-state index in [-0.39, 0.29) is 6.61 Å². The average Bonchev–Trinajstić information content (AvgIpc) is 2.37. The van der Waals surface area contributed by atoms with E-state index in [1.165, 1.54) is 5.56 Å². The van der Waals surface area contributed by atoms with Crippen LogP contribution in [0, 0.1) is 0 Å². The Morgan fingerprint density at radius 1 is 1.17 bits per heavy atom. The molecule has 0 bridgehead atoms. The first-order chi connectivity index (χ1) is 8.69. The van der Waals surface area contributed by atoms with Gasteiger partial charge in [-0.05, 0) is 17.7 Å². The predicted octanol–water partition coefficient (Wildman–Crippen LogP) is 1.03. The molecule has 1 fully saturated rings. The molecule has 1 aromatic rings. The van der Waals surface area contributed by atoms with Gasteiger partial charge in [-0.25, -0.2) is 0 Å². The Bertz CT molecular complexity index is 392. The fraction of sp³-hybridized carbons (Fsp3) is 0.538. The van der Waals surface area contributed by atoms with Crippen LogP contribution in [-0.4, -0.2) is 54.2 Å². The largest absolute Gasteiger partial charge is 0.398 e. The second-order valence-electron chi connectivity index (χ2n) is 4.70. The highest BCUT2D eigenvalue weighted by molar-refractivity contribution is 6.33. The SMILES string of the molecule is Nc1cc(CN2CCN(CCO)CC2)ccc1Cl. The number of β-amino-alcohol motifs (C(OH)–C–C–N with tert-alkyl or cyclic N) is 1. The third kappa shape index (κ3) is 3.59. The topological polar surface area (TPSA) is 52.7 Å². The highest BCUT2D eigenvalue weighted by atomic mass is 35.5. The molecule has 1 heterocycles. The van der Waals surface area contributed by atoms with Crippen molar-refractivity contribution in [3.63, 3.8) is 0 Å². The van der Waals surface area contributed by atoms with Crippen molar-refractivity contribution in [2.75, 3.05) is 45.1 Å². The first-order valence-electron chi connectivity index (χ1n) is 6.28. The van der Waals surface area contributed by atoms with Crippen LogP contribution in [0.1, 0.15) is 5.56 Å². The molecule has 0 aliphatic carbocycles. The lowest BCUT2D eigenvalue weighted by Gasteiger charge is -2.34. The number of rotatable bonds is 4. The summed E-state index contributed by atoms with van der Waals surface area (Å²) < 4.78 is 0. The second-order valence-corrected chi connectivity index (χ2v) is 5.10. The van der Waals surface area contributed by atoms with E-state index in [1.54, 1.807) is 0 Å². The standard InChI is InChI=1S/C13H20ClN3O/c14-12-2-1-11(9-13(12)15)10-17-5-3-16(4-6-17)7-8-18/h1-2,9,18H,3-8,10,15H2. The van der Waals surface area contributed by atoms with Crippen LogP contribution in [0.2, 0.25) is 5.02 Å². The van der Waals surface area contributed by atoms with Gasteiger partial charge in [-0.3, -0.25) is 9.80 Å². The third-order valence-electron chi connectivity index (χ3n) is 3.35. The molecular weight excluding hydrogens is 250 g/mol. The number of piperazine rings is 1. The molecule has 0 atom stereocenters. The Kier molecular flexibility index (Phi) is 4.83. The molecule has 18 heavy (non-hydrogen) atoms. The number of anilines is 1. The van der Waals surface area contributed by atoms with Crippen LogP contribution in [0.4, 0.5) is 5.69 Å². The Labute approximate surface area is 113 Å². The van der Waals surface area contributed by atoms with Crippen LogP contribution in [-0.2, 0) is 6.54 Å². The van der Waals surface area contributed by atoms with E-state index in [4.69, 9.17) is 22.4 Å². The van der Waals surface area contributed by atoms with E-state index in [0.29, 0.717) is 10.7 Å². The molecule has 1 aliphatic heterocycles. The molecule has 0 spiro atoms. The van der Waals surface area contributed by atoms with Crippen LogP contribution >= 0.6 is 11.6 Å². The number of nitrogen functional groups attached to an aromatic ring is 1. The van der Waals surface area contributed by atoms with Crippen LogP contribution in [0.5, 0.6) is 0 Å². The van der Waals surface area contributed by atoms with Crippen molar-refractivity contribution in [1.82, 2.24) is 9.80 Å². The third-order valence-corrected chi connectivity index (χ3v) is 3.69. The summed E-state index contributed by atoms with van der Waals surface area (Å²) >= 11 is 5.91. The summed E-state index contributed by atoms with van der Waals surface area (Å²) in [5, 5.41) is 9.51. The Morgan fingerprint density at radius 3 is 2.44 bits per heavy atom. The maximum Gasteiger partial charge on any atom is 0.0635 e. The van der Waals surface area contributed by atoms with Crippen molar-refractivity contribution in [1.29, 1.82) is 0 Å². The smallest absolute Gasteiger partial charge is 0.0635 e. The minimum atomic E-state index is 0.244. The second kappa shape index (κ2) is 6.38. The van der Waals surface area contributed by atoms with E-state index in [0.717, 1.165) is 39.3 Å². The molecule has 0 radical (unpaired) electrons. The number of aliphatic hydroxyl groups excluding tert-OH is 1. The molecule has 0 saturated carbocycles. The number of aliphatic hydroxyl groups is 1. The van der Waals surface area contributed by atoms with Crippen LogP contribution < -0.4 is 5.73 Å². The van der Waals surface area contributed by atoms with E-state index in [9.17, 15) is 0 Å². The fourth-order valence-electron chi connectivity index (χ4n) is 2.26.